The van der Waals surface area contributed by atoms with Gasteiger partial charge in [-0.1, -0.05) is 37.0 Å². The summed E-state index contributed by atoms with van der Waals surface area (Å²) in [6.45, 7) is 11.5. The highest BCUT2D eigenvalue weighted by Crippen LogP contribution is 2.23. The van der Waals surface area contributed by atoms with Gasteiger partial charge in [-0.05, 0) is 32.0 Å². The van der Waals surface area contributed by atoms with Gasteiger partial charge in [0.1, 0.15) is 0 Å². The van der Waals surface area contributed by atoms with Gasteiger partial charge >= 0.3 is 12.0 Å². The van der Waals surface area contributed by atoms with Crippen molar-refractivity contribution in [1.29, 1.82) is 0 Å². The van der Waals surface area contributed by atoms with Crippen molar-refractivity contribution in [3.05, 3.63) is 47.4 Å². The molecule has 1 aliphatic heterocycles. The van der Waals surface area contributed by atoms with Crippen LogP contribution in [0.5, 0.6) is 0 Å². The summed E-state index contributed by atoms with van der Waals surface area (Å²) < 4.78 is 14.5. The molecule has 2 amide bonds. The molecule has 0 spiro atoms. The number of benzene rings is 1. The van der Waals surface area contributed by atoms with Gasteiger partial charge in [0, 0.05) is 31.4 Å². The van der Waals surface area contributed by atoms with E-state index in [4.69, 9.17) is 5.11 Å². The van der Waals surface area contributed by atoms with Crippen molar-refractivity contribution in [2.45, 2.75) is 39.5 Å². The number of amides is 2. The first-order valence-corrected chi connectivity index (χ1v) is 13.8. The number of carbonyl (C=O) groups excluding carboxylic acids is 1. The number of carboxylic acid groups (broad SMARTS) is 1. The van der Waals surface area contributed by atoms with E-state index in [9.17, 15) is 14.0 Å². The third kappa shape index (κ3) is 5.04. The van der Waals surface area contributed by atoms with E-state index < -0.39 is 19.9 Å². The summed E-state index contributed by atoms with van der Waals surface area (Å²) in [6, 6.07) is 8.64. The van der Waals surface area contributed by atoms with Crippen LogP contribution >= 0.6 is 0 Å². The standard InChI is InChI=1S/C22H29FN4O3Si/c1-14-13-26(20-19(23)12-18(21(28)29)15(2)24-20)10-11-27(14)22(30)25-16-6-8-17(9-7-16)31(3,4)5/h6-9,12,14H,10-11,13H2,1-5H3,(H,25,30)(H,28,29). The van der Waals surface area contributed by atoms with E-state index in [1.165, 1.54) is 5.19 Å². The van der Waals surface area contributed by atoms with Gasteiger partial charge < -0.3 is 20.2 Å². The first-order valence-electron chi connectivity index (χ1n) is 10.3. The third-order valence-corrected chi connectivity index (χ3v) is 7.63. The number of hydrogen-bond donors (Lipinski definition) is 2. The first-order chi connectivity index (χ1) is 14.5. The summed E-state index contributed by atoms with van der Waals surface area (Å²) in [6.07, 6.45) is 0. The number of aromatic carboxylic acids is 1. The SMILES string of the molecule is Cc1nc(N2CCN(C(=O)Nc3ccc([Si](C)(C)C)cc3)C(C)C2)c(F)cc1C(=O)O. The van der Waals surface area contributed by atoms with Crippen LogP contribution in [-0.4, -0.2) is 60.7 Å². The fourth-order valence-corrected chi connectivity index (χ4v) is 4.87. The number of rotatable bonds is 4. The van der Waals surface area contributed by atoms with Crippen LogP contribution in [0.25, 0.3) is 0 Å². The predicted octanol–water partition coefficient (Wildman–Crippen LogP) is 3.52. The van der Waals surface area contributed by atoms with Crippen LogP contribution in [0.4, 0.5) is 20.7 Å². The minimum Gasteiger partial charge on any atom is -0.478 e. The zero-order valence-electron chi connectivity index (χ0n) is 18.6. The minimum atomic E-state index is -1.40. The van der Waals surface area contributed by atoms with Crippen LogP contribution in [0.15, 0.2) is 30.3 Å². The van der Waals surface area contributed by atoms with E-state index in [-0.39, 0.29) is 29.1 Å². The molecule has 2 N–H and O–H groups in total. The number of pyridine rings is 1. The minimum absolute atomic E-state index is 0.122. The van der Waals surface area contributed by atoms with Crippen molar-refractivity contribution in [3.63, 3.8) is 0 Å². The molecule has 166 valence electrons. The number of urea groups is 1. The molecule has 31 heavy (non-hydrogen) atoms. The van der Waals surface area contributed by atoms with Crippen molar-refractivity contribution in [2.24, 2.45) is 0 Å². The van der Waals surface area contributed by atoms with Gasteiger partial charge in [0.15, 0.2) is 11.6 Å². The fourth-order valence-electron chi connectivity index (χ4n) is 3.71. The second-order valence-electron chi connectivity index (χ2n) is 8.98. The van der Waals surface area contributed by atoms with Gasteiger partial charge in [-0.3, -0.25) is 0 Å². The van der Waals surface area contributed by atoms with Gasteiger partial charge in [0.25, 0.3) is 0 Å². The average Bonchev–Trinajstić information content (AvgIpc) is 2.68. The molecule has 0 bridgehead atoms. The summed E-state index contributed by atoms with van der Waals surface area (Å²) in [4.78, 5) is 31.6. The van der Waals surface area contributed by atoms with E-state index in [1.807, 2.05) is 19.1 Å². The molecule has 0 aliphatic carbocycles. The van der Waals surface area contributed by atoms with Crippen molar-refractivity contribution in [2.75, 3.05) is 29.9 Å². The monoisotopic (exact) mass is 444 g/mol. The summed E-state index contributed by atoms with van der Waals surface area (Å²) >= 11 is 0. The Morgan fingerprint density at radius 3 is 2.39 bits per heavy atom. The maximum atomic E-state index is 14.5. The molecule has 1 aromatic heterocycles. The van der Waals surface area contributed by atoms with Gasteiger partial charge in [-0.2, -0.15) is 0 Å². The lowest BCUT2D eigenvalue weighted by molar-refractivity contribution is 0.0695. The number of piperazine rings is 1. The highest BCUT2D eigenvalue weighted by molar-refractivity contribution is 6.88. The maximum Gasteiger partial charge on any atom is 0.337 e. The number of anilines is 2. The van der Waals surface area contributed by atoms with Crippen LogP contribution in [0.1, 0.15) is 23.0 Å². The van der Waals surface area contributed by atoms with Crippen molar-refractivity contribution < 1.29 is 19.1 Å². The molecule has 0 radical (unpaired) electrons. The Balaban J connectivity index is 1.67. The maximum absolute atomic E-state index is 14.5. The van der Waals surface area contributed by atoms with Gasteiger partial charge in [-0.15, -0.1) is 0 Å². The zero-order chi connectivity index (χ0) is 22.9. The Hall–Kier alpha value is -2.94. The van der Waals surface area contributed by atoms with Crippen molar-refractivity contribution in [3.8, 4) is 0 Å². The van der Waals surface area contributed by atoms with E-state index in [1.54, 1.807) is 16.7 Å². The van der Waals surface area contributed by atoms with E-state index in [0.29, 0.717) is 19.6 Å². The smallest absolute Gasteiger partial charge is 0.337 e. The van der Waals surface area contributed by atoms with Crippen molar-refractivity contribution >= 4 is 36.8 Å². The molecule has 7 nitrogen and oxygen atoms in total. The Kier molecular flexibility index (Phi) is 6.35. The van der Waals surface area contributed by atoms with E-state index in [2.05, 4.69) is 42.1 Å². The number of aromatic nitrogens is 1. The molecule has 1 fully saturated rings. The molecular weight excluding hydrogens is 415 g/mol. The third-order valence-electron chi connectivity index (χ3n) is 5.57. The Morgan fingerprint density at radius 2 is 1.84 bits per heavy atom. The summed E-state index contributed by atoms with van der Waals surface area (Å²) in [5, 5.41) is 13.4. The number of nitrogens with one attached hydrogen (secondary N) is 1. The molecule has 1 aliphatic rings. The fraction of sp³-hybridized carbons (Fsp3) is 0.409. The van der Waals surface area contributed by atoms with Gasteiger partial charge in [-0.25, -0.2) is 19.0 Å². The van der Waals surface area contributed by atoms with Crippen LogP contribution < -0.4 is 15.4 Å². The Labute approximate surface area is 182 Å². The Morgan fingerprint density at radius 1 is 1.19 bits per heavy atom. The van der Waals surface area contributed by atoms with Crippen LogP contribution in [0.2, 0.25) is 19.6 Å². The number of nitrogens with zero attached hydrogens (tertiary/aromatic N) is 3. The number of halogens is 1. The molecule has 0 saturated carbocycles. The van der Waals surface area contributed by atoms with Crippen LogP contribution in [-0.2, 0) is 0 Å². The summed E-state index contributed by atoms with van der Waals surface area (Å²) in [5.41, 5.74) is 0.861. The molecule has 2 aromatic rings. The van der Waals surface area contributed by atoms with E-state index in [0.717, 1.165) is 11.8 Å². The summed E-state index contributed by atoms with van der Waals surface area (Å²) in [5.74, 6) is -1.75. The lowest BCUT2D eigenvalue weighted by Gasteiger charge is -2.40. The highest BCUT2D eigenvalue weighted by Gasteiger charge is 2.30. The normalized spacial score (nSPS) is 16.9. The lowest BCUT2D eigenvalue weighted by Crippen LogP contribution is -2.55. The molecular formula is C22H29FN4O3Si. The molecule has 1 atom stereocenters. The highest BCUT2D eigenvalue weighted by atomic mass is 28.3. The van der Waals surface area contributed by atoms with E-state index >= 15 is 0 Å². The molecule has 3 rings (SSSR count). The summed E-state index contributed by atoms with van der Waals surface area (Å²) in [7, 11) is -1.40. The molecule has 1 unspecified atom stereocenters. The molecule has 9 heteroatoms. The quantitative estimate of drug-likeness (QED) is 0.705. The molecule has 1 aromatic carbocycles. The number of hydrogen-bond acceptors (Lipinski definition) is 4. The predicted molar refractivity (Wildman–Crippen MR) is 123 cm³/mol. The average molecular weight is 445 g/mol. The number of carbonyl (C=O) groups is 2. The first kappa shape index (κ1) is 22.7. The lowest BCUT2D eigenvalue weighted by atomic mass is 10.1. The van der Waals surface area contributed by atoms with Gasteiger partial charge in [0.05, 0.1) is 19.3 Å². The van der Waals surface area contributed by atoms with Gasteiger partial charge in [0.2, 0.25) is 0 Å². The van der Waals surface area contributed by atoms with Crippen LogP contribution in [0.3, 0.4) is 0 Å². The number of carboxylic acids is 1. The van der Waals surface area contributed by atoms with Crippen LogP contribution in [0, 0.1) is 12.7 Å². The second-order valence-corrected chi connectivity index (χ2v) is 14.1. The Bertz CT molecular complexity index is 991. The topological polar surface area (TPSA) is 85.8 Å². The molecule has 1 saturated heterocycles. The van der Waals surface area contributed by atoms with Crippen molar-refractivity contribution in [1.82, 2.24) is 9.88 Å². The second kappa shape index (κ2) is 8.66. The zero-order valence-corrected chi connectivity index (χ0v) is 19.6. The molecule has 2 heterocycles. The largest absolute Gasteiger partial charge is 0.478 e. The number of aryl methyl sites for hydroxylation is 1.